The summed E-state index contributed by atoms with van der Waals surface area (Å²) in [7, 11) is 0. The Balaban J connectivity index is 1.12. The Hall–Kier alpha value is -6.66. The van der Waals surface area contributed by atoms with E-state index in [-0.39, 0.29) is 39.6 Å². The van der Waals surface area contributed by atoms with Gasteiger partial charge in [0.2, 0.25) is 0 Å². The number of amides is 1. The van der Waals surface area contributed by atoms with Gasteiger partial charge in [0, 0.05) is 23.3 Å². The van der Waals surface area contributed by atoms with Gasteiger partial charge in [-0.1, -0.05) is 109 Å². The van der Waals surface area contributed by atoms with E-state index >= 15 is 0 Å². The molecule has 4 aromatic carbocycles. The Labute approximate surface area is 381 Å². The van der Waals surface area contributed by atoms with Gasteiger partial charge in [0.1, 0.15) is 42.7 Å². The van der Waals surface area contributed by atoms with Crippen LogP contribution in [-0.4, -0.2) is 70.1 Å². The second-order valence-electron chi connectivity index (χ2n) is 15.4. The fourth-order valence-electron chi connectivity index (χ4n) is 8.68. The SMILES string of the molecule is O=C(O)CN1C(=O)C(=c2s/c(=c3\sc(=Cc4ccc5c(c4)C4CCCC4N5c4ccc(C=C(c5ccccc5)c5ccccc5)cc4)c(=O)n3CC(=O)O)c(=O)n2CC(=O)O)SC1=S. The number of thiocarbonyl (C=S) groups is 1. The van der Waals surface area contributed by atoms with Crippen molar-refractivity contribution >= 4 is 109 Å². The minimum atomic E-state index is -1.40. The number of thioether (sulfide) groups is 1. The van der Waals surface area contributed by atoms with E-state index in [4.69, 9.17) is 12.2 Å². The third-order valence-electron chi connectivity index (χ3n) is 11.4. The van der Waals surface area contributed by atoms with Crippen LogP contribution in [0.1, 0.15) is 53.0 Å². The Morgan fingerprint density at radius 2 is 1.31 bits per heavy atom. The number of nitrogens with zero attached hydrogens (tertiary/aromatic N) is 4. The molecule has 13 nitrogen and oxygen atoms in total. The van der Waals surface area contributed by atoms with Crippen molar-refractivity contribution in [1.82, 2.24) is 14.0 Å². The first-order valence-electron chi connectivity index (χ1n) is 20.1. The van der Waals surface area contributed by atoms with Crippen molar-refractivity contribution in [2.45, 2.75) is 44.3 Å². The van der Waals surface area contributed by atoms with E-state index in [1.54, 1.807) is 6.08 Å². The molecule has 6 aromatic rings. The van der Waals surface area contributed by atoms with Crippen LogP contribution < -0.4 is 25.2 Å². The van der Waals surface area contributed by atoms with Gasteiger partial charge in [-0.2, -0.15) is 0 Å². The zero-order valence-corrected chi connectivity index (χ0v) is 36.8. The van der Waals surface area contributed by atoms with Crippen molar-refractivity contribution in [2.75, 3.05) is 11.4 Å². The number of hydrogen-bond donors (Lipinski definition) is 3. The molecule has 1 amide bonds. The summed E-state index contributed by atoms with van der Waals surface area (Å²) < 4.78 is 1.57. The summed E-state index contributed by atoms with van der Waals surface area (Å²) in [5.41, 5.74) is 6.91. The number of thiazole rings is 2. The smallest absolute Gasteiger partial charge is 0.323 e. The zero-order chi connectivity index (χ0) is 44.8. The summed E-state index contributed by atoms with van der Waals surface area (Å²) >= 11 is 7.55. The number of aliphatic carboxylic acids is 3. The molecule has 1 saturated heterocycles. The number of fused-ring (bicyclic) bond motifs is 3. The van der Waals surface area contributed by atoms with Gasteiger partial charge in [0.15, 0.2) is 0 Å². The molecule has 0 spiro atoms. The van der Waals surface area contributed by atoms with Gasteiger partial charge < -0.3 is 20.2 Å². The summed E-state index contributed by atoms with van der Waals surface area (Å²) in [6, 6.07) is 35.5. The van der Waals surface area contributed by atoms with E-state index in [0.29, 0.717) is 16.9 Å². The number of benzene rings is 4. The maximum atomic E-state index is 14.0. The topological polar surface area (TPSA) is 179 Å². The number of carbonyl (C=O) groups excluding carboxylic acids is 1. The van der Waals surface area contributed by atoms with E-state index in [1.165, 1.54) is 0 Å². The van der Waals surface area contributed by atoms with Crippen LogP contribution in [0.4, 0.5) is 11.4 Å². The normalized spacial score (nSPS) is 18.3. The molecule has 3 N–H and O–H groups in total. The maximum Gasteiger partial charge on any atom is 0.323 e. The van der Waals surface area contributed by atoms with Gasteiger partial charge in [-0.15, -0.1) is 22.7 Å². The summed E-state index contributed by atoms with van der Waals surface area (Å²) in [4.78, 5) is 79.9. The molecule has 17 heteroatoms. The standard InChI is InChI=1S/C47H36N4O9S4/c52-37(53)23-48-42(58)36(62-45(48)40-43(59)49(24-38(54)55)46(63-40)41-44(60)50(25-39(56)57)47(61)64-41)22-27-16-19-35-33(21-27)31-12-7-13-34(31)51(35)30-17-14-26(15-18-30)20-32(28-8-3-1-4-9-28)29-10-5-2-6-11-29/h1-6,8-11,14-22,31,34H,7,12-13,23-25H2,(H,52,53)(H,54,55)(H,56,57)/b36-22?,45-40-,46-41?. The number of aromatic nitrogens is 2. The van der Waals surface area contributed by atoms with E-state index in [0.717, 1.165) is 95.6 Å². The fraction of sp³-hybridized carbons (Fsp3) is 0.170. The molecule has 0 radical (unpaired) electrons. The quantitative estimate of drug-likeness (QED) is 0.105. The Kier molecular flexibility index (Phi) is 11.6. The Bertz CT molecular complexity index is 3260. The molecule has 2 atom stereocenters. The summed E-state index contributed by atoms with van der Waals surface area (Å²) in [5.74, 6) is -4.65. The van der Waals surface area contributed by atoms with Crippen molar-refractivity contribution in [3.63, 3.8) is 0 Å². The molecule has 3 aliphatic rings. The lowest BCUT2D eigenvalue weighted by atomic mass is 9.95. The monoisotopic (exact) mass is 928 g/mol. The first-order valence-corrected chi connectivity index (χ1v) is 23.0. The number of carbonyl (C=O) groups is 4. The molecule has 2 unspecified atom stereocenters. The Morgan fingerprint density at radius 3 is 1.94 bits per heavy atom. The molecule has 2 aliphatic heterocycles. The molecule has 1 saturated carbocycles. The van der Waals surface area contributed by atoms with E-state index < -0.39 is 54.6 Å². The molecular weight excluding hydrogens is 893 g/mol. The maximum absolute atomic E-state index is 14.0. The van der Waals surface area contributed by atoms with Crippen LogP contribution in [-0.2, 0) is 32.3 Å². The molecule has 322 valence electrons. The lowest BCUT2D eigenvalue weighted by Gasteiger charge is -2.27. The van der Waals surface area contributed by atoms with Crippen LogP contribution in [0.15, 0.2) is 113 Å². The average molecular weight is 929 g/mol. The third-order valence-corrected chi connectivity index (χ3v) is 15.4. The predicted molar refractivity (Wildman–Crippen MR) is 251 cm³/mol. The van der Waals surface area contributed by atoms with Crippen molar-refractivity contribution < 1.29 is 34.5 Å². The summed E-state index contributed by atoms with van der Waals surface area (Å²) in [6.45, 7) is -2.39. The Morgan fingerprint density at radius 1 is 0.703 bits per heavy atom. The number of anilines is 2. The highest BCUT2D eigenvalue weighted by molar-refractivity contribution is 8.30. The third kappa shape index (κ3) is 8.07. The molecular formula is C47H36N4O9S4. The van der Waals surface area contributed by atoms with Gasteiger partial charge in [0.05, 0.1) is 4.53 Å². The van der Waals surface area contributed by atoms with Gasteiger partial charge in [-0.25, -0.2) is 0 Å². The average Bonchev–Trinajstić information content (AvgIpc) is 4.08. The van der Waals surface area contributed by atoms with Crippen molar-refractivity contribution in [1.29, 1.82) is 0 Å². The van der Waals surface area contributed by atoms with Crippen LogP contribution in [0, 0.1) is 9.20 Å². The van der Waals surface area contributed by atoms with Gasteiger partial charge in [0.25, 0.3) is 17.0 Å². The second-order valence-corrected chi connectivity index (χ2v) is 19.1. The first-order chi connectivity index (χ1) is 30.9. The van der Waals surface area contributed by atoms with E-state index in [9.17, 15) is 44.1 Å². The number of carboxylic acids is 3. The fourth-order valence-corrected chi connectivity index (χ4v) is 12.5. The number of carboxylic acid groups (broad SMARTS) is 3. The van der Waals surface area contributed by atoms with Gasteiger partial charge in [-0.3, -0.25) is 42.8 Å². The highest BCUT2D eigenvalue weighted by Crippen LogP contribution is 2.52. The van der Waals surface area contributed by atoms with Gasteiger partial charge in [-0.05, 0) is 82.6 Å². The van der Waals surface area contributed by atoms with Crippen LogP contribution in [0.2, 0.25) is 0 Å². The van der Waals surface area contributed by atoms with E-state index in [1.807, 2.05) is 48.5 Å². The van der Waals surface area contributed by atoms with Crippen LogP contribution >= 0.6 is 46.7 Å². The summed E-state index contributed by atoms with van der Waals surface area (Å²) in [5, 5.41) is 28.9. The highest BCUT2D eigenvalue weighted by atomic mass is 32.2. The number of hydrogen-bond acceptors (Lipinski definition) is 11. The predicted octanol–water partition coefficient (Wildman–Crippen LogP) is 5.85. The van der Waals surface area contributed by atoms with Gasteiger partial charge >= 0.3 is 17.9 Å². The van der Waals surface area contributed by atoms with Crippen LogP contribution in [0.3, 0.4) is 0 Å². The van der Waals surface area contributed by atoms with Crippen LogP contribution in [0.5, 0.6) is 0 Å². The van der Waals surface area contributed by atoms with Crippen molar-refractivity contribution in [3.05, 3.63) is 170 Å². The molecule has 4 heterocycles. The minimum absolute atomic E-state index is 0.0267. The molecule has 1 aliphatic carbocycles. The zero-order valence-electron chi connectivity index (χ0n) is 33.6. The van der Waals surface area contributed by atoms with Crippen molar-refractivity contribution in [3.8, 4) is 0 Å². The molecule has 2 aromatic heterocycles. The molecule has 0 bridgehead atoms. The van der Waals surface area contributed by atoms with Crippen LogP contribution in [0.25, 0.3) is 22.6 Å². The minimum Gasteiger partial charge on any atom is -0.480 e. The molecule has 9 rings (SSSR count). The van der Waals surface area contributed by atoms with E-state index in [2.05, 4.69) is 65.6 Å². The largest absolute Gasteiger partial charge is 0.480 e. The number of rotatable bonds is 11. The van der Waals surface area contributed by atoms with Crippen molar-refractivity contribution in [2.24, 2.45) is 0 Å². The lowest BCUT2D eigenvalue weighted by molar-refractivity contribution is -0.140. The summed E-state index contributed by atoms with van der Waals surface area (Å²) in [6.07, 6.45) is 6.93. The molecule has 2 fully saturated rings. The highest BCUT2D eigenvalue weighted by Gasteiger charge is 2.42. The first kappa shape index (κ1) is 42.6. The molecule has 64 heavy (non-hydrogen) atoms. The second kappa shape index (κ2) is 17.5. The lowest BCUT2D eigenvalue weighted by Crippen LogP contribution is -2.35.